The van der Waals surface area contributed by atoms with Crippen molar-refractivity contribution in [2.75, 3.05) is 0 Å². The van der Waals surface area contributed by atoms with E-state index >= 15 is 0 Å². The molecular formula is C49H33N3S2. The fraction of sp³-hybridized carbons (Fsp3) is 0.0612. The van der Waals surface area contributed by atoms with Crippen LogP contribution >= 0.6 is 23.5 Å². The van der Waals surface area contributed by atoms with E-state index in [1.165, 1.54) is 63.6 Å². The first-order valence-corrected chi connectivity index (χ1v) is 19.9. The van der Waals surface area contributed by atoms with Crippen LogP contribution in [-0.4, -0.2) is 14.5 Å². The molecule has 0 atom stereocenters. The predicted octanol–water partition coefficient (Wildman–Crippen LogP) is 13.5. The highest BCUT2D eigenvalue weighted by atomic mass is 32.2. The van der Waals surface area contributed by atoms with Gasteiger partial charge in [0.05, 0.1) is 22.4 Å². The van der Waals surface area contributed by atoms with Gasteiger partial charge in [0.2, 0.25) is 0 Å². The predicted molar refractivity (Wildman–Crippen MR) is 225 cm³/mol. The third kappa shape index (κ3) is 4.92. The van der Waals surface area contributed by atoms with E-state index in [2.05, 4.69) is 158 Å². The van der Waals surface area contributed by atoms with E-state index in [0.717, 1.165) is 33.8 Å². The molecule has 0 bridgehead atoms. The van der Waals surface area contributed by atoms with Gasteiger partial charge >= 0.3 is 0 Å². The number of benzene rings is 7. The topological polar surface area (TPSA) is 30.7 Å². The number of aromatic nitrogens is 3. The maximum Gasteiger partial charge on any atom is 0.160 e. The van der Waals surface area contributed by atoms with Crippen molar-refractivity contribution in [2.45, 2.75) is 38.8 Å². The smallest absolute Gasteiger partial charge is 0.160 e. The van der Waals surface area contributed by atoms with Gasteiger partial charge in [-0.3, -0.25) is 0 Å². The first-order valence-electron chi connectivity index (χ1n) is 18.3. The molecule has 11 rings (SSSR count). The monoisotopic (exact) mass is 727 g/mol. The van der Waals surface area contributed by atoms with E-state index in [4.69, 9.17) is 9.97 Å². The number of rotatable bonds is 4. The summed E-state index contributed by atoms with van der Waals surface area (Å²) in [6.45, 7) is 4.78. The molecular weight excluding hydrogens is 695 g/mol. The van der Waals surface area contributed by atoms with Gasteiger partial charge in [-0.25, -0.2) is 9.97 Å². The zero-order valence-corrected chi connectivity index (χ0v) is 31.4. The van der Waals surface area contributed by atoms with Crippen molar-refractivity contribution in [3.63, 3.8) is 0 Å². The molecule has 5 heteroatoms. The molecule has 9 aromatic rings. The maximum atomic E-state index is 5.16. The summed E-state index contributed by atoms with van der Waals surface area (Å²) in [5.74, 6) is 0.716. The molecule has 0 amide bonds. The number of para-hydroxylation sites is 1. The Bertz CT molecular complexity index is 2910. The molecule has 0 fully saturated rings. The Kier molecular flexibility index (Phi) is 7.07. The highest BCUT2D eigenvalue weighted by molar-refractivity contribution is 8.05. The Morgan fingerprint density at radius 3 is 1.80 bits per heavy atom. The molecule has 256 valence electrons. The van der Waals surface area contributed by atoms with E-state index in [-0.39, 0.29) is 5.41 Å². The minimum absolute atomic E-state index is 0.126. The van der Waals surface area contributed by atoms with Crippen LogP contribution < -0.4 is 0 Å². The van der Waals surface area contributed by atoms with Gasteiger partial charge in [-0.05, 0) is 82.9 Å². The molecule has 2 aliphatic rings. The van der Waals surface area contributed by atoms with Gasteiger partial charge in [0.15, 0.2) is 5.82 Å². The van der Waals surface area contributed by atoms with Gasteiger partial charge in [-0.15, -0.1) is 0 Å². The normalized spacial score (nSPS) is 13.7. The average Bonchev–Trinajstić information content (AvgIpc) is 3.66. The lowest BCUT2D eigenvalue weighted by molar-refractivity contribution is 0.658. The van der Waals surface area contributed by atoms with E-state index in [1.807, 2.05) is 47.8 Å². The number of nitrogens with zero attached hydrogens (tertiary/aromatic N) is 3. The van der Waals surface area contributed by atoms with Crippen LogP contribution in [0.3, 0.4) is 0 Å². The van der Waals surface area contributed by atoms with E-state index in [0.29, 0.717) is 5.82 Å². The molecule has 0 saturated carbocycles. The van der Waals surface area contributed by atoms with Crippen LogP contribution in [0.25, 0.3) is 72.5 Å². The second-order valence-corrected chi connectivity index (χ2v) is 16.8. The molecule has 3 nitrogen and oxygen atoms in total. The summed E-state index contributed by atoms with van der Waals surface area (Å²) < 4.78 is 2.44. The van der Waals surface area contributed by atoms with Gasteiger partial charge < -0.3 is 4.57 Å². The number of hydrogen-bond donors (Lipinski definition) is 0. The number of hydrogen-bond acceptors (Lipinski definition) is 4. The molecule has 54 heavy (non-hydrogen) atoms. The maximum absolute atomic E-state index is 5.16. The Balaban J connectivity index is 1.09. The zero-order valence-electron chi connectivity index (χ0n) is 29.7. The molecule has 0 radical (unpaired) electrons. The molecule has 0 saturated heterocycles. The van der Waals surface area contributed by atoms with Crippen LogP contribution in [0.5, 0.6) is 0 Å². The van der Waals surface area contributed by atoms with Crippen molar-refractivity contribution in [1.82, 2.24) is 14.5 Å². The summed E-state index contributed by atoms with van der Waals surface area (Å²) >= 11 is 3.79. The standard InChI is InChI=1S/C49H33N3S2/c1-49(2)38-25-37-34-20-9-10-21-42(34)52(43(37)26-35(38)36-27-46-47(28-39(36)49)54-45-23-12-11-22-44(45)53-46)33-19-13-18-32(24-33)41-29-40(30-14-5-3-6-15-30)50-48(51-41)31-16-7-4-8-17-31/h3-29H,1-2H3. The van der Waals surface area contributed by atoms with Crippen LogP contribution in [-0.2, 0) is 5.41 Å². The molecule has 2 aromatic heterocycles. The molecule has 7 aromatic carbocycles. The summed E-state index contributed by atoms with van der Waals surface area (Å²) in [6, 6.07) is 59.0. The van der Waals surface area contributed by atoms with Crippen LogP contribution in [0.4, 0.5) is 0 Å². The summed E-state index contributed by atoms with van der Waals surface area (Å²) in [7, 11) is 0. The molecule has 3 heterocycles. The highest BCUT2D eigenvalue weighted by Gasteiger charge is 2.38. The van der Waals surface area contributed by atoms with Crippen molar-refractivity contribution in [3.8, 4) is 50.7 Å². The molecule has 0 unspecified atom stereocenters. The Morgan fingerprint density at radius 1 is 0.444 bits per heavy atom. The van der Waals surface area contributed by atoms with Crippen molar-refractivity contribution >= 4 is 45.3 Å². The third-order valence-corrected chi connectivity index (χ3v) is 13.6. The summed E-state index contributed by atoms with van der Waals surface area (Å²) in [5.41, 5.74) is 13.7. The second kappa shape index (κ2) is 12.1. The molecule has 1 aliphatic heterocycles. The molecule has 0 spiro atoms. The largest absolute Gasteiger partial charge is 0.309 e. The van der Waals surface area contributed by atoms with E-state index in [1.54, 1.807) is 0 Å². The Morgan fingerprint density at radius 2 is 1.04 bits per heavy atom. The van der Waals surface area contributed by atoms with E-state index in [9.17, 15) is 0 Å². The van der Waals surface area contributed by atoms with Crippen molar-refractivity contribution in [3.05, 3.63) is 175 Å². The quantitative estimate of drug-likeness (QED) is 0.181. The summed E-state index contributed by atoms with van der Waals surface area (Å²) in [6.07, 6.45) is 0. The van der Waals surface area contributed by atoms with Crippen LogP contribution in [0.15, 0.2) is 183 Å². The Labute approximate surface area is 322 Å². The molecule has 1 aliphatic carbocycles. The lowest BCUT2D eigenvalue weighted by Gasteiger charge is -2.24. The van der Waals surface area contributed by atoms with Gasteiger partial charge in [0.1, 0.15) is 0 Å². The van der Waals surface area contributed by atoms with Crippen LogP contribution in [0.1, 0.15) is 25.0 Å². The van der Waals surface area contributed by atoms with Crippen molar-refractivity contribution in [2.24, 2.45) is 0 Å². The summed E-state index contributed by atoms with van der Waals surface area (Å²) in [5, 5.41) is 2.53. The highest BCUT2D eigenvalue weighted by Crippen LogP contribution is 2.56. The van der Waals surface area contributed by atoms with E-state index < -0.39 is 0 Å². The zero-order chi connectivity index (χ0) is 36.0. The minimum Gasteiger partial charge on any atom is -0.309 e. The minimum atomic E-state index is -0.126. The average molecular weight is 728 g/mol. The van der Waals surface area contributed by atoms with Crippen LogP contribution in [0, 0.1) is 0 Å². The van der Waals surface area contributed by atoms with Crippen molar-refractivity contribution < 1.29 is 0 Å². The second-order valence-electron chi connectivity index (χ2n) is 14.6. The molecule has 0 N–H and O–H groups in total. The first-order chi connectivity index (χ1) is 26.5. The van der Waals surface area contributed by atoms with Crippen LogP contribution in [0.2, 0.25) is 0 Å². The fourth-order valence-corrected chi connectivity index (χ4v) is 10.6. The van der Waals surface area contributed by atoms with Gasteiger partial charge in [-0.1, -0.05) is 140 Å². The Hall–Kier alpha value is -5.88. The van der Waals surface area contributed by atoms with Gasteiger partial charge in [0, 0.05) is 58.1 Å². The first kappa shape index (κ1) is 31.6. The van der Waals surface area contributed by atoms with Gasteiger partial charge in [0.25, 0.3) is 0 Å². The van der Waals surface area contributed by atoms with Crippen molar-refractivity contribution in [1.29, 1.82) is 0 Å². The lowest BCUT2D eigenvalue weighted by Crippen LogP contribution is -2.15. The van der Waals surface area contributed by atoms with Gasteiger partial charge in [-0.2, -0.15) is 0 Å². The summed E-state index contributed by atoms with van der Waals surface area (Å²) in [4.78, 5) is 15.6. The fourth-order valence-electron chi connectivity index (χ4n) is 8.37. The number of fused-ring (bicyclic) bond motifs is 8. The SMILES string of the molecule is CC1(C)c2cc3c(cc2-c2cc4c(cc21)c1ccccc1n4-c1cccc(-c2cc(-c4ccccc4)nc(-c4ccccc4)n2)c1)Sc1ccccc1S3. The third-order valence-electron chi connectivity index (χ3n) is 11.0. The lowest BCUT2D eigenvalue weighted by atomic mass is 9.82.